The summed E-state index contributed by atoms with van der Waals surface area (Å²) in [6, 6.07) is -0.119. The van der Waals surface area contributed by atoms with Crippen LogP contribution in [0.1, 0.15) is 40.0 Å². The standard InChI is InChI=1S/C29H42FN3O2/c1-9-13-14-24(22(5)10-2)20-31-28(35)33(8)21-25-19-29(25,6)15-16-32(7)27(34)18-23(11-3)17-26(30)12-4/h9-14,17,25H,1-2,4,15-16,18-21H2,3,5-8H3,(H,31,35). The zero-order chi connectivity index (χ0) is 26.6. The van der Waals surface area contributed by atoms with E-state index in [9.17, 15) is 14.0 Å². The second-order valence-electron chi connectivity index (χ2n) is 9.44. The Morgan fingerprint density at radius 2 is 1.86 bits per heavy atom. The van der Waals surface area contributed by atoms with Crippen LogP contribution in [0.3, 0.4) is 0 Å². The van der Waals surface area contributed by atoms with Crippen molar-refractivity contribution in [3.63, 3.8) is 0 Å². The van der Waals surface area contributed by atoms with Crippen molar-refractivity contribution in [1.29, 1.82) is 0 Å². The first kappa shape index (κ1) is 29.9. The Morgan fingerprint density at radius 3 is 2.43 bits per heavy atom. The Kier molecular flexibility index (Phi) is 12.2. The number of nitrogens with one attached hydrogen (secondary N) is 1. The van der Waals surface area contributed by atoms with Crippen molar-refractivity contribution in [1.82, 2.24) is 15.1 Å². The molecular weight excluding hydrogens is 441 g/mol. The SMILES string of the molecule is C=CC=CC(CNC(=O)N(C)CC1CC1(C)CCN(C)C(=O)CC(C=C(F)C=C)=CC)=C(C)C=C. The van der Waals surface area contributed by atoms with Crippen LogP contribution in [0.25, 0.3) is 0 Å². The van der Waals surface area contributed by atoms with Gasteiger partial charge in [-0.15, -0.1) is 0 Å². The Balaban J connectivity index is 2.53. The lowest BCUT2D eigenvalue weighted by atomic mass is 10.0. The number of carbonyl (C=O) groups excluding carboxylic acids is 2. The van der Waals surface area contributed by atoms with E-state index in [2.05, 4.69) is 32.0 Å². The van der Waals surface area contributed by atoms with E-state index in [-0.39, 0.29) is 23.8 Å². The molecule has 0 aromatic heterocycles. The molecular formula is C29H42FN3O2. The molecule has 0 radical (unpaired) electrons. The Morgan fingerprint density at radius 1 is 1.17 bits per heavy atom. The molecule has 35 heavy (non-hydrogen) atoms. The first-order chi connectivity index (χ1) is 16.5. The van der Waals surface area contributed by atoms with Crippen molar-refractivity contribution in [3.8, 4) is 0 Å². The minimum absolute atomic E-state index is 0.0484. The van der Waals surface area contributed by atoms with Crippen LogP contribution in [-0.4, -0.2) is 55.5 Å². The fourth-order valence-electron chi connectivity index (χ4n) is 3.79. The molecule has 2 atom stereocenters. The summed E-state index contributed by atoms with van der Waals surface area (Å²) in [6.07, 6.45) is 13.5. The smallest absolute Gasteiger partial charge is 0.317 e. The van der Waals surface area contributed by atoms with Gasteiger partial charge in [0.25, 0.3) is 0 Å². The van der Waals surface area contributed by atoms with Crippen molar-refractivity contribution in [2.75, 3.05) is 33.7 Å². The molecule has 1 N–H and O–H groups in total. The maximum atomic E-state index is 13.5. The first-order valence-corrected chi connectivity index (χ1v) is 12.0. The summed E-state index contributed by atoms with van der Waals surface area (Å²) in [4.78, 5) is 28.6. The highest BCUT2D eigenvalue weighted by Gasteiger charge is 2.50. The zero-order valence-electron chi connectivity index (χ0n) is 22.1. The van der Waals surface area contributed by atoms with Gasteiger partial charge in [0, 0.05) is 33.7 Å². The molecule has 1 fully saturated rings. The van der Waals surface area contributed by atoms with Crippen LogP contribution in [0.15, 0.2) is 84.8 Å². The van der Waals surface area contributed by atoms with Crippen molar-refractivity contribution in [3.05, 3.63) is 84.8 Å². The number of carbonyl (C=O) groups is 2. The molecule has 1 aliphatic carbocycles. The van der Waals surface area contributed by atoms with Crippen LogP contribution >= 0.6 is 0 Å². The molecule has 2 unspecified atom stereocenters. The van der Waals surface area contributed by atoms with E-state index >= 15 is 0 Å². The molecule has 192 valence electrons. The fraction of sp³-hybridized carbons (Fsp3) is 0.448. The summed E-state index contributed by atoms with van der Waals surface area (Å²) in [5.74, 6) is -0.109. The molecule has 0 saturated heterocycles. The zero-order valence-corrected chi connectivity index (χ0v) is 22.1. The van der Waals surface area contributed by atoms with E-state index in [1.807, 2.05) is 26.1 Å². The van der Waals surface area contributed by atoms with E-state index in [4.69, 9.17) is 0 Å². The Bertz CT molecular complexity index is 928. The quantitative estimate of drug-likeness (QED) is 0.303. The molecule has 0 heterocycles. The number of amides is 3. The average Bonchev–Trinajstić information content (AvgIpc) is 3.49. The number of urea groups is 1. The van der Waals surface area contributed by atoms with Gasteiger partial charge in [-0.05, 0) is 66.9 Å². The molecule has 0 aromatic rings. The number of allylic oxidation sites excluding steroid dienone is 8. The molecule has 0 aliphatic heterocycles. The lowest BCUT2D eigenvalue weighted by molar-refractivity contribution is -0.129. The van der Waals surface area contributed by atoms with Gasteiger partial charge in [-0.25, -0.2) is 9.18 Å². The van der Waals surface area contributed by atoms with Gasteiger partial charge in [-0.2, -0.15) is 0 Å². The second-order valence-corrected chi connectivity index (χ2v) is 9.44. The van der Waals surface area contributed by atoms with Gasteiger partial charge in [-0.3, -0.25) is 4.79 Å². The van der Waals surface area contributed by atoms with E-state index in [0.29, 0.717) is 31.1 Å². The molecule has 5 nitrogen and oxygen atoms in total. The third-order valence-electron chi connectivity index (χ3n) is 6.74. The van der Waals surface area contributed by atoms with Gasteiger partial charge in [0.05, 0.1) is 6.42 Å². The number of rotatable bonds is 14. The van der Waals surface area contributed by atoms with Crippen molar-refractivity contribution in [2.45, 2.75) is 40.0 Å². The van der Waals surface area contributed by atoms with Crippen LogP contribution in [0.5, 0.6) is 0 Å². The fourth-order valence-corrected chi connectivity index (χ4v) is 3.79. The predicted octanol–water partition coefficient (Wildman–Crippen LogP) is 6.12. The highest BCUT2D eigenvalue weighted by Crippen LogP contribution is 2.55. The lowest BCUT2D eigenvalue weighted by Gasteiger charge is -2.22. The number of nitrogens with zero attached hydrogens (tertiary/aromatic N) is 2. The summed E-state index contributed by atoms with van der Waals surface area (Å²) in [5, 5.41) is 2.97. The number of hydrogen-bond donors (Lipinski definition) is 1. The third-order valence-corrected chi connectivity index (χ3v) is 6.74. The van der Waals surface area contributed by atoms with Gasteiger partial charge < -0.3 is 15.1 Å². The Hall–Kier alpha value is -3.15. The van der Waals surface area contributed by atoms with Crippen LogP contribution in [0.4, 0.5) is 9.18 Å². The van der Waals surface area contributed by atoms with Crippen molar-refractivity contribution in [2.24, 2.45) is 11.3 Å². The van der Waals surface area contributed by atoms with Gasteiger partial charge in [-0.1, -0.05) is 57.0 Å². The van der Waals surface area contributed by atoms with Gasteiger partial charge in [0.15, 0.2) is 0 Å². The molecule has 0 spiro atoms. The van der Waals surface area contributed by atoms with Crippen LogP contribution in [0, 0.1) is 11.3 Å². The van der Waals surface area contributed by atoms with Crippen LogP contribution in [0.2, 0.25) is 0 Å². The maximum Gasteiger partial charge on any atom is 0.317 e. The van der Waals surface area contributed by atoms with E-state index in [1.165, 1.54) is 6.08 Å². The minimum atomic E-state index is -0.452. The van der Waals surface area contributed by atoms with Gasteiger partial charge >= 0.3 is 6.03 Å². The lowest BCUT2D eigenvalue weighted by Crippen LogP contribution is -2.39. The van der Waals surface area contributed by atoms with Crippen LogP contribution < -0.4 is 5.32 Å². The molecule has 0 bridgehead atoms. The van der Waals surface area contributed by atoms with E-state index < -0.39 is 5.83 Å². The third kappa shape index (κ3) is 9.93. The summed E-state index contributed by atoms with van der Waals surface area (Å²) in [5.41, 5.74) is 2.71. The van der Waals surface area contributed by atoms with E-state index in [1.54, 1.807) is 42.0 Å². The second kappa shape index (κ2) is 14.3. The van der Waals surface area contributed by atoms with E-state index in [0.717, 1.165) is 30.1 Å². The largest absolute Gasteiger partial charge is 0.345 e. The average molecular weight is 484 g/mol. The van der Waals surface area contributed by atoms with Crippen molar-refractivity contribution >= 4 is 11.9 Å². The molecule has 6 heteroatoms. The normalized spacial score (nSPS) is 20.7. The summed E-state index contributed by atoms with van der Waals surface area (Å²) < 4.78 is 13.5. The van der Waals surface area contributed by atoms with Gasteiger partial charge in [0.2, 0.25) is 5.91 Å². The van der Waals surface area contributed by atoms with Crippen molar-refractivity contribution < 1.29 is 14.0 Å². The first-order valence-electron chi connectivity index (χ1n) is 12.0. The highest BCUT2D eigenvalue weighted by atomic mass is 19.1. The Labute approximate surface area is 211 Å². The minimum Gasteiger partial charge on any atom is -0.345 e. The molecule has 1 rings (SSSR count). The molecule has 1 aliphatic rings. The molecule has 1 saturated carbocycles. The topological polar surface area (TPSA) is 52.7 Å². The number of halogens is 1. The number of hydrogen-bond acceptors (Lipinski definition) is 2. The van der Waals surface area contributed by atoms with Crippen LogP contribution in [-0.2, 0) is 4.79 Å². The summed E-state index contributed by atoms with van der Waals surface area (Å²) in [6.45, 7) is 18.5. The summed E-state index contributed by atoms with van der Waals surface area (Å²) >= 11 is 0. The monoisotopic (exact) mass is 483 g/mol. The summed E-state index contributed by atoms with van der Waals surface area (Å²) in [7, 11) is 3.59. The maximum absolute atomic E-state index is 13.5. The van der Waals surface area contributed by atoms with Gasteiger partial charge in [0.1, 0.15) is 5.83 Å². The highest BCUT2D eigenvalue weighted by molar-refractivity contribution is 5.79. The predicted molar refractivity (Wildman–Crippen MR) is 144 cm³/mol. The molecule has 0 aromatic carbocycles. The molecule has 3 amide bonds.